The molecule has 1 fully saturated rings. The lowest BCUT2D eigenvalue weighted by Gasteiger charge is -2.28. The van der Waals surface area contributed by atoms with Gasteiger partial charge in [-0.05, 0) is 96.7 Å². The molecule has 1 atom stereocenters. The predicted molar refractivity (Wildman–Crippen MR) is 235 cm³/mol. The molecule has 1 aliphatic heterocycles. The van der Waals surface area contributed by atoms with Crippen molar-refractivity contribution in [1.82, 2.24) is 14.7 Å². The highest BCUT2D eigenvalue weighted by atomic mass is 16.2. The second-order valence-electron chi connectivity index (χ2n) is 16.4. The van der Waals surface area contributed by atoms with E-state index in [1.54, 1.807) is 0 Å². The summed E-state index contributed by atoms with van der Waals surface area (Å²) in [5.74, 6) is 0.120. The lowest BCUT2D eigenvalue weighted by atomic mass is 10.1. The molecule has 0 unspecified atom stereocenters. The summed E-state index contributed by atoms with van der Waals surface area (Å²) < 4.78 is 0. The van der Waals surface area contributed by atoms with Crippen molar-refractivity contribution in [1.29, 1.82) is 0 Å². The summed E-state index contributed by atoms with van der Waals surface area (Å²) in [5, 5.41) is 0. The Kier molecular flexibility index (Phi) is 36.7. The molecule has 312 valence electrons. The molecule has 6 heteroatoms. The van der Waals surface area contributed by atoms with Crippen LogP contribution in [-0.4, -0.2) is 85.6 Å². The quantitative estimate of drug-likeness (QED) is 0.0493. The van der Waals surface area contributed by atoms with Gasteiger partial charge in [0, 0.05) is 39.3 Å². The Labute approximate surface area is 331 Å². The molecular formula is C47H93N5O. The van der Waals surface area contributed by atoms with E-state index in [1.165, 1.54) is 180 Å². The molecule has 1 amide bonds. The topological polar surface area (TPSA) is 78.8 Å². The Morgan fingerprint density at radius 2 is 0.792 bits per heavy atom. The molecule has 0 bridgehead atoms. The Morgan fingerprint density at radius 3 is 1.15 bits per heavy atom. The van der Waals surface area contributed by atoms with Gasteiger partial charge in [0.05, 0.1) is 6.04 Å². The fourth-order valence-corrected chi connectivity index (χ4v) is 7.67. The zero-order valence-corrected chi connectivity index (χ0v) is 35.9. The predicted octanol–water partition coefficient (Wildman–Crippen LogP) is 11.6. The second-order valence-corrected chi connectivity index (χ2v) is 16.4. The highest BCUT2D eigenvalue weighted by molar-refractivity contribution is 5.81. The third-order valence-corrected chi connectivity index (χ3v) is 11.4. The fourth-order valence-electron chi connectivity index (χ4n) is 7.67. The van der Waals surface area contributed by atoms with Gasteiger partial charge in [0.25, 0.3) is 0 Å². The summed E-state index contributed by atoms with van der Waals surface area (Å²) in [5.41, 5.74) is 12.1. The first-order valence-corrected chi connectivity index (χ1v) is 23.6. The first-order valence-electron chi connectivity index (χ1n) is 23.6. The van der Waals surface area contributed by atoms with E-state index in [-0.39, 0.29) is 5.91 Å². The van der Waals surface area contributed by atoms with Crippen LogP contribution < -0.4 is 11.5 Å². The molecule has 0 spiro atoms. The van der Waals surface area contributed by atoms with Crippen molar-refractivity contribution < 1.29 is 4.79 Å². The van der Waals surface area contributed by atoms with Gasteiger partial charge in [-0.3, -0.25) is 4.79 Å². The molecule has 1 aliphatic rings. The number of carbonyl (C=O) groups is 1. The van der Waals surface area contributed by atoms with Crippen molar-refractivity contribution in [3.05, 3.63) is 24.3 Å². The summed E-state index contributed by atoms with van der Waals surface area (Å²) in [6.07, 6.45) is 48.9. The highest BCUT2D eigenvalue weighted by Gasteiger charge is 2.23. The number of nitrogens with zero attached hydrogens (tertiary/aromatic N) is 3. The van der Waals surface area contributed by atoms with Crippen LogP contribution in [0.5, 0.6) is 0 Å². The third kappa shape index (κ3) is 31.7. The van der Waals surface area contributed by atoms with E-state index in [9.17, 15) is 4.79 Å². The van der Waals surface area contributed by atoms with Gasteiger partial charge in [-0.15, -0.1) is 0 Å². The zero-order valence-electron chi connectivity index (χ0n) is 35.9. The number of allylic oxidation sites excluding steroid dienone is 4. The van der Waals surface area contributed by atoms with Crippen molar-refractivity contribution in [2.24, 2.45) is 11.5 Å². The van der Waals surface area contributed by atoms with Gasteiger partial charge in [-0.25, -0.2) is 0 Å². The van der Waals surface area contributed by atoms with E-state index in [0.717, 1.165) is 58.8 Å². The molecule has 0 aromatic rings. The van der Waals surface area contributed by atoms with Gasteiger partial charge in [0.2, 0.25) is 5.91 Å². The van der Waals surface area contributed by atoms with Gasteiger partial charge >= 0.3 is 0 Å². The Balaban J connectivity index is 2.30. The maximum absolute atomic E-state index is 13.3. The number of nitrogens with two attached hydrogens (primary N) is 2. The monoisotopic (exact) mass is 744 g/mol. The summed E-state index contributed by atoms with van der Waals surface area (Å²) >= 11 is 0. The normalized spacial score (nSPS) is 15.7. The van der Waals surface area contributed by atoms with E-state index < -0.39 is 6.04 Å². The maximum atomic E-state index is 13.3. The van der Waals surface area contributed by atoms with Crippen LogP contribution >= 0.6 is 0 Å². The molecule has 0 radical (unpaired) electrons. The summed E-state index contributed by atoms with van der Waals surface area (Å²) in [6.45, 7) is 13.2. The van der Waals surface area contributed by atoms with Crippen molar-refractivity contribution in [3.63, 3.8) is 0 Å². The van der Waals surface area contributed by atoms with Crippen molar-refractivity contribution >= 4 is 5.91 Å². The molecule has 0 saturated carbocycles. The largest absolute Gasteiger partial charge is 0.339 e. The number of carbonyl (C=O) groups excluding carboxylic acids is 1. The minimum Gasteiger partial charge on any atom is -0.339 e. The fraction of sp³-hybridized carbons (Fsp3) is 0.894. The van der Waals surface area contributed by atoms with Gasteiger partial charge < -0.3 is 26.2 Å². The highest BCUT2D eigenvalue weighted by Crippen LogP contribution is 2.14. The molecule has 53 heavy (non-hydrogen) atoms. The number of unbranched alkanes of at least 4 members (excludes halogenated alkanes) is 24. The second kappa shape index (κ2) is 39.0. The van der Waals surface area contributed by atoms with Crippen LogP contribution in [0, 0.1) is 0 Å². The molecule has 1 rings (SSSR count). The van der Waals surface area contributed by atoms with Gasteiger partial charge in [0.1, 0.15) is 0 Å². The smallest absolute Gasteiger partial charge is 0.239 e. The maximum Gasteiger partial charge on any atom is 0.239 e. The minimum atomic E-state index is -0.423. The minimum absolute atomic E-state index is 0.120. The molecule has 0 aromatic heterocycles. The van der Waals surface area contributed by atoms with Crippen LogP contribution in [0.15, 0.2) is 24.3 Å². The van der Waals surface area contributed by atoms with E-state index in [4.69, 9.17) is 11.5 Å². The Morgan fingerprint density at radius 1 is 0.472 bits per heavy atom. The molecule has 0 aliphatic carbocycles. The van der Waals surface area contributed by atoms with E-state index >= 15 is 0 Å². The lowest BCUT2D eigenvalue weighted by Crippen LogP contribution is -2.48. The molecule has 0 aromatic carbocycles. The average molecular weight is 744 g/mol. The Hall–Kier alpha value is -1.21. The summed E-state index contributed by atoms with van der Waals surface area (Å²) in [6, 6.07) is -0.423. The standard InChI is InChI=1S/C47H93N5O/c1-3-5-7-9-11-13-15-17-19-21-23-25-27-29-31-33-38-50-40-41-51(43-45-52(44-42-50)47(53)46(49)36-35-37-48)39-34-32-30-28-26-24-22-20-18-16-14-12-10-8-6-4-2/h17-20,46H,3-16,21-45,48-49H2,1-2H3/b19-17-,20-18-/t46-/m1/s1. The first-order chi connectivity index (χ1) is 26.1. The summed E-state index contributed by atoms with van der Waals surface area (Å²) in [4.78, 5) is 20.7. The zero-order chi connectivity index (χ0) is 38.3. The van der Waals surface area contributed by atoms with E-state index in [1.807, 2.05) is 0 Å². The van der Waals surface area contributed by atoms with Crippen LogP contribution in [0.25, 0.3) is 0 Å². The molecule has 6 nitrogen and oxygen atoms in total. The van der Waals surface area contributed by atoms with Crippen LogP contribution in [0.4, 0.5) is 0 Å². The number of hydrogen-bond acceptors (Lipinski definition) is 5. The first kappa shape index (κ1) is 49.8. The van der Waals surface area contributed by atoms with Crippen molar-refractivity contribution in [2.45, 2.75) is 213 Å². The molecule has 1 heterocycles. The average Bonchev–Trinajstić information content (AvgIpc) is 3.27. The van der Waals surface area contributed by atoms with Crippen LogP contribution in [0.2, 0.25) is 0 Å². The van der Waals surface area contributed by atoms with Crippen LogP contribution in [-0.2, 0) is 4.79 Å². The van der Waals surface area contributed by atoms with Gasteiger partial charge in [-0.1, -0.05) is 154 Å². The van der Waals surface area contributed by atoms with Gasteiger partial charge in [0.15, 0.2) is 0 Å². The molecular weight excluding hydrogens is 651 g/mol. The molecule has 4 N–H and O–H groups in total. The SMILES string of the molecule is CCCCCCCC/C=C\CCCCCCCCN1CCN(CCCCCCCC/C=C\CCCCCCCC)CCN(C(=O)[C@H](N)CCCN)CC1. The van der Waals surface area contributed by atoms with Gasteiger partial charge in [-0.2, -0.15) is 0 Å². The molecule has 1 saturated heterocycles. The van der Waals surface area contributed by atoms with E-state index in [0.29, 0.717) is 13.0 Å². The van der Waals surface area contributed by atoms with Crippen molar-refractivity contribution in [3.8, 4) is 0 Å². The lowest BCUT2D eigenvalue weighted by molar-refractivity contribution is -0.133. The number of hydrogen-bond donors (Lipinski definition) is 2. The van der Waals surface area contributed by atoms with Crippen LogP contribution in [0.3, 0.4) is 0 Å². The number of rotatable bonds is 36. The van der Waals surface area contributed by atoms with Crippen LogP contribution in [0.1, 0.15) is 206 Å². The van der Waals surface area contributed by atoms with E-state index in [2.05, 4.69) is 52.9 Å². The number of amides is 1. The van der Waals surface area contributed by atoms with Crippen molar-refractivity contribution in [2.75, 3.05) is 58.9 Å². The summed E-state index contributed by atoms with van der Waals surface area (Å²) in [7, 11) is 0. The third-order valence-electron chi connectivity index (χ3n) is 11.4. The Bertz CT molecular complexity index is 778.